The zero-order chi connectivity index (χ0) is 8.27. The second-order valence-corrected chi connectivity index (χ2v) is 2.56. The second kappa shape index (κ2) is 3.34. The molecule has 0 bridgehead atoms. The van der Waals surface area contributed by atoms with E-state index in [9.17, 15) is 4.79 Å². The van der Waals surface area contributed by atoms with Crippen molar-refractivity contribution in [2.75, 3.05) is 0 Å². The van der Waals surface area contributed by atoms with Crippen LogP contribution in [0.2, 0.25) is 0 Å². The third kappa shape index (κ3) is 2.19. The molecule has 0 fully saturated rings. The number of carbonyl (C=O) groups is 1. The minimum absolute atomic E-state index is 0.312. The number of aromatic nitrogens is 2. The fourth-order valence-corrected chi connectivity index (χ4v) is 0.976. The third-order valence-electron chi connectivity index (χ3n) is 1.32. The molecule has 0 aliphatic carbocycles. The maximum absolute atomic E-state index is 10.4. The van der Waals surface area contributed by atoms with Gasteiger partial charge in [-0.2, -0.15) is 0 Å². The average molecular weight is 171 g/mol. The van der Waals surface area contributed by atoms with Crippen molar-refractivity contribution in [3.05, 3.63) is 17.2 Å². The van der Waals surface area contributed by atoms with E-state index in [1.165, 1.54) is 0 Å². The van der Waals surface area contributed by atoms with Crippen LogP contribution in [0.15, 0.2) is 12.4 Å². The van der Waals surface area contributed by atoms with Crippen LogP contribution in [0, 0.1) is 4.77 Å². The van der Waals surface area contributed by atoms with Gasteiger partial charge in [0, 0.05) is 25.4 Å². The van der Waals surface area contributed by atoms with E-state index in [1.54, 1.807) is 17.0 Å². The molecule has 1 heterocycles. The molecule has 60 valence electrons. The van der Waals surface area contributed by atoms with Crippen LogP contribution in [-0.2, 0) is 11.3 Å². The van der Waals surface area contributed by atoms with Crippen molar-refractivity contribution in [3.63, 3.8) is 0 Å². The van der Waals surface area contributed by atoms with Crippen molar-refractivity contribution in [1.82, 2.24) is 9.55 Å². The summed E-state index contributed by atoms with van der Waals surface area (Å²) in [6.45, 7) is 0.553. The number of nitrogens with two attached hydrogens (primary N) is 1. The number of imidazole rings is 1. The molecule has 0 aliphatic rings. The smallest absolute Gasteiger partial charge is 0.219 e. The molecule has 1 rings (SSSR count). The summed E-state index contributed by atoms with van der Waals surface area (Å²) in [6, 6.07) is 0. The molecule has 0 radical (unpaired) electrons. The van der Waals surface area contributed by atoms with E-state index in [0.29, 0.717) is 17.7 Å². The number of aromatic amines is 1. The Morgan fingerprint density at radius 2 is 2.55 bits per heavy atom. The first-order valence-corrected chi connectivity index (χ1v) is 3.63. The van der Waals surface area contributed by atoms with Crippen LogP contribution in [0.25, 0.3) is 0 Å². The van der Waals surface area contributed by atoms with Gasteiger partial charge in [0.05, 0.1) is 0 Å². The van der Waals surface area contributed by atoms with E-state index in [1.807, 2.05) is 0 Å². The molecule has 4 nitrogen and oxygen atoms in total. The molecule has 0 unspecified atom stereocenters. The number of nitrogens with zero attached hydrogens (tertiary/aromatic N) is 1. The molecule has 1 amide bonds. The van der Waals surface area contributed by atoms with Crippen molar-refractivity contribution >= 4 is 18.1 Å². The normalized spacial score (nSPS) is 9.82. The van der Waals surface area contributed by atoms with Gasteiger partial charge in [-0.25, -0.2) is 0 Å². The maximum Gasteiger partial charge on any atom is 0.219 e. The molecule has 0 spiro atoms. The summed E-state index contributed by atoms with van der Waals surface area (Å²) in [5.41, 5.74) is 4.96. The number of hydrogen-bond acceptors (Lipinski definition) is 2. The molecule has 0 atom stereocenters. The molecule has 0 saturated heterocycles. The Kier molecular flexibility index (Phi) is 2.43. The summed E-state index contributed by atoms with van der Waals surface area (Å²) in [7, 11) is 0. The second-order valence-electron chi connectivity index (χ2n) is 2.17. The van der Waals surface area contributed by atoms with Crippen LogP contribution in [0.4, 0.5) is 0 Å². The molecular formula is C6H9N3OS. The number of primary amides is 1. The highest BCUT2D eigenvalue weighted by Crippen LogP contribution is 1.92. The molecule has 0 aliphatic heterocycles. The highest BCUT2D eigenvalue weighted by Gasteiger charge is 1.95. The lowest BCUT2D eigenvalue weighted by Gasteiger charge is -1.97. The highest BCUT2D eigenvalue weighted by molar-refractivity contribution is 7.71. The Bertz CT molecular complexity index is 301. The number of amides is 1. The Morgan fingerprint density at radius 3 is 3.00 bits per heavy atom. The molecular weight excluding hydrogens is 162 g/mol. The standard InChI is InChI=1S/C6H9N3OS/c7-5(10)1-3-9-4-2-8-6(9)11/h2,4H,1,3H2,(H2,7,10)(H,8,11). The molecule has 5 heteroatoms. The van der Waals surface area contributed by atoms with Crippen LogP contribution >= 0.6 is 12.2 Å². The third-order valence-corrected chi connectivity index (χ3v) is 1.67. The van der Waals surface area contributed by atoms with Crippen LogP contribution in [-0.4, -0.2) is 15.5 Å². The van der Waals surface area contributed by atoms with Gasteiger partial charge in [0.25, 0.3) is 0 Å². The summed E-state index contributed by atoms with van der Waals surface area (Å²) in [4.78, 5) is 13.2. The first-order valence-electron chi connectivity index (χ1n) is 3.22. The topological polar surface area (TPSA) is 63.8 Å². The van der Waals surface area contributed by atoms with Gasteiger partial charge in [0.15, 0.2) is 4.77 Å². The van der Waals surface area contributed by atoms with Crippen LogP contribution in [0.3, 0.4) is 0 Å². The van der Waals surface area contributed by atoms with Gasteiger partial charge in [0.2, 0.25) is 5.91 Å². The lowest BCUT2D eigenvalue weighted by molar-refractivity contribution is -0.118. The summed E-state index contributed by atoms with van der Waals surface area (Å²) in [5, 5.41) is 0. The number of nitrogens with one attached hydrogen (secondary N) is 1. The van der Waals surface area contributed by atoms with E-state index in [4.69, 9.17) is 18.0 Å². The molecule has 1 aromatic rings. The molecule has 0 saturated carbocycles. The first-order chi connectivity index (χ1) is 5.20. The number of rotatable bonds is 3. The number of aryl methyl sites for hydroxylation is 1. The quantitative estimate of drug-likeness (QED) is 0.647. The van der Waals surface area contributed by atoms with Gasteiger partial charge in [0.1, 0.15) is 0 Å². The molecule has 3 N–H and O–H groups in total. The fraction of sp³-hybridized carbons (Fsp3) is 0.333. The van der Waals surface area contributed by atoms with Gasteiger partial charge in [-0.3, -0.25) is 4.79 Å². The number of H-pyrrole nitrogens is 1. The van der Waals surface area contributed by atoms with Crippen molar-refractivity contribution in [2.45, 2.75) is 13.0 Å². The average Bonchev–Trinajstić information content (AvgIpc) is 2.31. The maximum atomic E-state index is 10.4. The van der Waals surface area contributed by atoms with Gasteiger partial charge in [-0.15, -0.1) is 0 Å². The fourth-order valence-electron chi connectivity index (χ4n) is 0.756. The van der Waals surface area contributed by atoms with Crippen molar-refractivity contribution in [3.8, 4) is 0 Å². The summed E-state index contributed by atoms with van der Waals surface area (Å²) >= 11 is 4.89. The number of hydrogen-bond donors (Lipinski definition) is 2. The zero-order valence-electron chi connectivity index (χ0n) is 5.91. The van der Waals surface area contributed by atoms with E-state index < -0.39 is 0 Å². The predicted octanol–water partition coefficient (Wildman–Crippen LogP) is 0.421. The first kappa shape index (κ1) is 8.00. The Labute approximate surface area is 69.0 Å². The Morgan fingerprint density at radius 1 is 1.82 bits per heavy atom. The van der Waals surface area contributed by atoms with Gasteiger partial charge in [-0.1, -0.05) is 0 Å². The monoisotopic (exact) mass is 171 g/mol. The summed E-state index contributed by atoms with van der Waals surface area (Å²) in [5.74, 6) is -0.312. The molecule has 11 heavy (non-hydrogen) atoms. The van der Waals surface area contributed by atoms with E-state index in [0.717, 1.165) is 0 Å². The number of carbonyl (C=O) groups excluding carboxylic acids is 1. The van der Waals surface area contributed by atoms with E-state index in [-0.39, 0.29) is 5.91 Å². The Hall–Kier alpha value is -1.10. The summed E-state index contributed by atoms with van der Waals surface area (Å²) in [6.07, 6.45) is 3.83. The van der Waals surface area contributed by atoms with Gasteiger partial charge >= 0.3 is 0 Å². The molecule has 0 aromatic carbocycles. The van der Waals surface area contributed by atoms with Crippen LogP contribution in [0.5, 0.6) is 0 Å². The minimum Gasteiger partial charge on any atom is -0.370 e. The van der Waals surface area contributed by atoms with Crippen LogP contribution < -0.4 is 5.73 Å². The largest absolute Gasteiger partial charge is 0.370 e. The zero-order valence-corrected chi connectivity index (χ0v) is 6.73. The van der Waals surface area contributed by atoms with Gasteiger partial charge in [-0.05, 0) is 12.2 Å². The lowest BCUT2D eigenvalue weighted by Crippen LogP contribution is -2.13. The van der Waals surface area contributed by atoms with Crippen LogP contribution in [0.1, 0.15) is 6.42 Å². The van der Waals surface area contributed by atoms with Crippen molar-refractivity contribution in [1.29, 1.82) is 0 Å². The van der Waals surface area contributed by atoms with Crippen molar-refractivity contribution in [2.24, 2.45) is 5.73 Å². The van der Waals surface area contributed by atoms with E-state index in [2.05, 4.69) is 4.98 Å². The van der Waals surface area contributed by atoms with Crippen molar-refractivity contribution < 1.29 is 4.79 Å². The minimum atomic E-state index is -0.312. The van der Waals surface area contributed by atoms with E-state index >= 15 is 0 Å². The highest BCUT2D eigenvalue weighted by atomic mass is 32.1. The Balaban J connectivity index is 2.58. The SMILES string of the molecule is NC(=O)CCn1cc[nH]c1=S. The lowest BCUT2D eigenvalue weighted by atomic mass is 10.4. The predicted molar refractivity (Wildman–Crippen MR) is 43.4 cm³/mol. The summed E-state index contributed by atoms with van der Waals surface area (Å²) < 4.78 is 2.38. The van der Waals surface area contributed by atoms with Gasteiger partial charge < -0.3 is 15.3 Å². The molecule has 1 aromatic heterocycles.